The lowest BCUT2D eigenvalue weighted by Gasteiger charge is -2.31. The first kappa shape index (κ1) is 17.0. The van der Waals surface area contributed by atoms with Crippen LogP contribution >= 0.6 is 15.9 Å². The number of amides is 1. The molecule has 1 amide bonds. The van der Waals surface area contributed by atoms with Crippen molar-refractivity contribution >= 4 is 27.9 Å². The number of nitrogens with zero attached hydrogens (tertiary/aromatic N) is 1. The van der Waals surface area contributed by atoms with Gasteiger partial charge in [0, 0.05) is 29.2 Å². The van der Waals surface area contributed by atoms with Crippen LogP contribution in [0.3, 0.4) is 0 Å². The summed E-state index contributed by atoms with van der Waals surface area (Å²) in [6.45, 7) is 2.71. The number of rotatable bonds is 5. The number of piperidine rings is 1. The number of hydrogen-bond acceptors (Lipinski definition) is 3. The zero-order valence-corrected chi connectivity index (χ0v) is 14.7. The second-order valence-corrected chi connectivity index (χ2v) is 6.46. The molecule has 1 fully saturated rings. The van der Waals surface area contributed by atoms with Crippen LogP contribution in [0, 0.1) is 5.92 Å². The van der Waals surface area contributed by atoms with Crippen molar-refractivity contribution in [3.8, 4) is 5.75 Å². The Labute approximate surface area is 140 Å². The summed E-state index contributed by atoms with van der Waals surface area (Å²) in [6, 6.07) is 5.75. The predicted molar refractivity (Wildman–Crippen MR) is 93.0 cm³/mol. The van der Waals surface area contributed by atoms with Crippen LogP contribution < -0.4 is 10.1 Å². The molecule has 2 rings (SSSR count). The zero-order valence-electron chi connectivity index (χ0n) is 13.1. The number of hydrogen-bond donors (Lipinski definition) is 1. The highest BCUT2D eigenvalue weighted by atomic mass is 79.9. The van der Waals surface area contributed by atoms with Crippen molar-refractivity contribution in [3.05, 3.63) is 34.3 Å². The minimum atomic E-state index is 0.0740. The van der Waals surface area contributed by atoms with Gasteiger partial charge in [-0.3, -0.25) is 4.79 Å². The number of carbonyl (C=O) groups excluding carboxylic acids is 1. The fourth-order valence-corrected chi connectivity index (χ4v) is 3.13. The summed E-state index contributed by atoms with van der Waals surface area (Å²) in [5.74, 6) is 1.52. The van der Waals surface area contributed by atoms with Gasteiger partial charge in [-0.2, -0.15) is 0 Å². The van der Waals surface area contributed by atoms with Crippen LogP contribution in [0.15, 0.2) is 28.7 Å². The minimum Gasteiger partial charge on any atom is -0.496 e. The molecule has 1 N–H and O–H groups in total. The van der Waals surface area contributed by atoms with E-state index in [4.69, 9.17) is 4.74 Å². The SMILES string of the molecule is CNCC1CCN(C(=O)C=Cc2cc(Br)ccc2OC)CC1. The molecule has 0 unspecified atom stereocenters. The van der Waals surface area contributed by atoms with Crippen LogP contribution in [-0.2, 0) is 4.79 Å². The average Bonchev–Trinajstić information content (AvgIpc) is 2.54. The number of benzene rings is 1. The first-order valence-electron chi connectivity index (χ1n) is 7.59. The van der Waals surface area contributed by atoms with Gasteiger partial charge in [0.25, 0.3) is 0 Å². The number of nitrogens with one attached hydrogen (secondary N) is 1. The number of ether oxygens (including phenoxy) is 1. The minimum absolute atomic E-state index is 0.0740. The van der Waals surface area contributed by atoms with Crippen molar-refractivity contribution in [2.75, 3.05) is 33.8 Å². The summed E-state index contributed by atoms with van der Waals surface area (Å²) in [7, 11) is 3.61. The lowest BCUT2D eigenvalue weighted by Crippen LogP contribution is -2.39. The van der Waals surface area contributed by atoms with Crippen molar-refractivity contribution in [1.82, 2.24) is 10.2 Å². The van der Waals surface area contributed by atoms with E-state index in [1.807, 2.05) is 36.2 Å². The van der Waals surface area contributed by atoms with Crippen molar-refractivity contribution in [2.24, 2.45) is 5.92 Å². The lowest BCUT2D eigenvalue weighted by molar-refractivity contribution is -0.127. The molecular formula is C17H23BrN2O2. The zero-order chi connectivity index (χ0) is 15.9. The molecule has 1 aromatic rings. The van der Waals surface area contributed by atoms with E-state index in [1.54, 1.807) is 13.2 Å². The van der Waals surface area contributed by atoms with Gasteiger partial charge in [0.05, 0.1) is 7.11 Å². The molecule has 0 radical (unpaired) electrons. The van der Waals surface area contributed by atoms with Gasteiger partial charge >= 0.3 is 0 Å². The van der Waals surface area contributed by atoms with Crippen LogP contribution in [-0.4, -0.2) is 44.6 Å². The van der Waals surface area contributed by atoms with Crippen LogP contribution in [0.2, 0.25) is 0 Å². The standard InChI is InChI=1S/C17H23BrN2O2/c1-19-12-13-7-9-20(10-8-13)17(21)6-3-14-11-15(18)4-5-16(14)22-2/h3-6,11,13,19H,7-10,12H2,1-2H3. The fraction of sp³-hybridized carbons (Fsp3) is 0.471. The molecule has 0 saturated carbocycles. The van der Waals surface area contributed by atoms with Crippen LogP contribution in [0.1, 0.15) is 18.4 Å². The number of halogens is 1. The van der Waals surface area contributed by atoms with E-state index in [2.05, 4.69) is 21.2 Å². The first-order chi connectivity index (χ1) is 10.6. The third-order valence-corrected chi connectivity index (χ3v) is 4.51. The maximum atomic E-state index is 12.3. The molecule has 1 aliphatic rings. The highest BCUT2D eigenvalue weighted by molar-refractivity contribution is 9.10. The second-order valence-electron chi connectivity index (χ2n) is 5.55. The molecule has 4 nitrogen and oxygen atoms in total. The van der Waals surface area contributed by atoms with Gasteiger partial charge in [0.1, 0.15) is 5.75 Å². The number of likely N-dealkylation sites (tertiary alicyclic amines) is 1. The number of carbonyl (C=O) groups is 1. The monoisotopic (exact) mass is 366 g/mol. The van der Waals surface area contributed by atoms with E-state index in [9.17, 15) is 4.79 Å². The topological polar surface area (TPSA) is 41.6 Å². The molecular weight excluding hydrogens is 344 g/mol. The predicted octanol–water partition coefficient (Wildman–Crippen LogP) is 2.93. The molecule has 1 heterocycles. The molecule has 0 atom stereocenters. The Morgan fingerprint density at radius 1 is 1.45 bits per heavy atom. The van der Waals surface area contributed by atoms with Gasteiger partial charge in [0.2, 0.25) is 5.91 Å². The van der Waals surface area contributed by atoms with Gasteiger partial charge in [-0.1, -0.05) is 15.9 Å². The smallest absolute Gasteiger partial charge is 0.246 e. The van der Waals surface area contributed by atoms with Crippen molar-refractivity contribution in [2.45, 2.75) is 12.8 Å². The third kappa shape index (κ3) is 4.58. The van der Waals surface area contributed by atoms with E-state index in [0.717, 1.165) is 48.3 Å². The van der Waals surface area contributed by atoms with Crippen LogP contribution in [0.4, 0.5) is 0 Å². The molecule has 0 spiro atoms. The van der Waals surface area contributed by atoms with Crippen molar-refractivity contribution in [1.29, 1.82) is 0 Å². The Morgan fingerprint density at radius 2 is 2.18 bits per heavy atom. The lowest BCUT2D eigenvalue weighted by atomic mass is 9.97. The second kappa shape index (κ2) is 8.34. The maximum absolute atomic E-state index is 12.3. The molecule has 0 bridgehead atoms. The summed E-state index contributed by atoms with van der Waals surface area (Å²) >= 11 is 3.44. The van der Waals surface area contributed by atoms with Crippen LogP contribution in [0.5, 0.6) is 5.75 Å². The quantitative estimate of drug-likeness (QED) is 0.814. The Bertz CT molecular complexity index is 537. The fourth-order valence-electron chi connectivity index (χ4n) is 2.75. The molecule has 5 heteroatoms. The Kier molecular flexibility index (Phi) is 6.46. The average molecular weight is 367 g/mol. The number of methoxy groups -OCH3 is 1. The van der Waals surface area contributed by atoms with E-state index in [1.165, 1.54) is 0 Å². The third-order valence-electron chi connectivity index (χ3n) is 4.02. The molecule has 1 aliphatic heterocycles. The van der Waals surface area contributed by atoms with Gasteiger partial charge in [-0.15, -0.1) is 0 Å². The molecule has 120 valence electrons. The summed E-state index contributed by atoms with van der Waals surface area (Å²) in [6.07, 6.45) is 5.61. The Hall–Kier alpha value is -1.33. The van der Waals surface area contributed by atoms with Gasteiger partial charge < -0.3 is 15.0 Å². The molecule has 0 aliphatic carbocycles. The molecule has 1 saturated heterocycles. The van der Waals surface area contributed by atoms with E-state index < -0.39 is 0 Å². The highest BCUT2D eigenvalue weighted by Gasteiger charge is 2.20. The summed E-state index contributed by atoms with van der Waals surface area (Å²) in [5, 5.41) is 3.21. The molecule has 22 heavy (non-hydrogen) atoms. The van der Waals surface area contributed by atoms with Crippen molar-refractivity contribution < 1.29 is 9.53 Å². The summed E-state index contributed by atoms with van der Waals surface area (Å²) in [5.41, 5.74) is 0.898. The van der Waals surface area contributed by atoms with Crippen molar-refractivity contribution in [3.63, 3.8) is 0 Å². The Balaban J connectivity index is 1.96. The van der Waals surface area contributed by atoms with E-state index in [-0.39, 0.29) is 5.91 Å². The van der Waals surface area contributed by atoms with E-state index >= 15 is 0 Å². The first-order valence-corrected chi connectivity index (χ1v) is 8.38. The van der Waals surface area contributed by atoms with Crippen LogP contribution in [0.25, 0.3) is 6.08 Å². The van der Waals surface area contributed by atoms with Gasteiger partial charge in [0.15, 0.2) is 0 Å². The largest absolute Gasteiger partial charge is 0.496 e. The summed E-state index contributed by atoms with van der Waals surface area (Å²) in [4.78, 5) is 14.2. The normalized spacial score (nSPS) is 16.2. The van der Waals surface area contributed by atoms with Gasteiger partial charge in [-0.25, -0.2) is 0 Å². The van der Waals surface area contributed by atoms with Gasteiger partial charge in [-0.05, 0) is 56.6 Å². The summed E-state index contributed by atoms with van der Waals surface area (Å²) < 4.78 is 6.28. The Morgan fingerprint density at radius 3 is 2.82 bits per heavy atom. The molecule has 1 aromatic carbocycles. The highest BCUT2D eigenvalue weighted by Crippen LogP contribution is 2.24. The van der Waals surface area contributed by atoms with E-state index in [0.29, 0.717) is 5.92 Å². The molecule has 0 aromatic heterocycles. The maximum Gasteiger partial charge on any atom is 0.246 e.